The van der Waals surface area contributed by atoms with Crippen LogP contribution >= 0.6 is 11.6 Å². The summed E-state index contributed by atoms with van der Waals surface area (Å²) < 4.78 is 10.7. The van der Waals surface area contributed by atoms with Gasteiger partial charge in [-0.25, -0.2) is 5.43 Å². The molecule has 2 aromatic rings. The molecule has 7 heteroatoms. The molecule has 1 aliphatic heterocycles. The lowest BCUT2D eigenvalue weighted by molar-refractivity contribution is -0.123. The van der Waals surface area contributed by atoms with Gasteiger partial charge in [0, 0.05) is 23.3 Å². The number of amides is 1. The fourth-order valence-electron chi connectivity index (χ4n) is 4.35. The number of carbonyl (C=O) groups is 1. The van der Waals surface area contributed by atoms with Crippen LogP contribution in [0.15, 0.2) is 41.5 Å². The standard InChI is InChI=1S/C25H32ClN3O3/c1-6-11-29-21-13-20(26)18(12-19(21)17(2)14-25(29,3)4)15-27-28-24(30)16-32-23-10-8-7-9-22(23)31-5/h7-10,12-13,15,17H,6,11,14,16H2,1-5H3,(H,28,30)/b27-15+. The maximum absolute atomic E-state index is 12.1. The van der Waals surface area contributed by atoms with Gasteiger partial charge in [-0.1, -0.05) is 37.6 Å². The first-order valence-corrected chi connectivity index (χ1v) is 11.3. The Hall–Kier alpha value is -2.73. The molecule has 1 atom stereocenters. The van der Waals surface area contributed by atoms with Crippen LogP contribution in [-0.2, 0) is 4.79 Å². The molecule has 1 amide bonds. The second-order valence-corrected chi connectivity index (χ2v) is 9.14. The lowest BCUT2D eigenvalue weighted by Crippen LogP contribution is -2.48. The molecule has 1 heterocycles. The van der Waals surface area contributed by atoms with Gasteiger partial charge in [-0.2, -0.15) is 5.10 Å². The molecule has 0 radical (unpaired) electrons. The van der Waals surface area contributed by atoms with E-state index >= 15 is 0 Å². The molecule has 0 saturated carbocycles. The summed E-state index contributed by atoms with van der Waals surface area (Å²) in [5.41, 5.74) is 5.80. The smallest absolute Gasteiger partial charge is 0.277 e. The summed E-state index contributed by atoms with van der Waals surface area (Å²) in [6, 6.07) is 11.3. The first-order valence-electron chi connectivity index (χ1n) is 11.0. The van der Waals surface area contributed by atoms with Crippen molar-refractivity contribution in [3.8, 4) is 11.5 Å². The molecule has 6 nitrogen and oxygen atoms in total. The molecule has 1 aliphatic rings. The SMILES string of the molecule is CCCN1c2cc(Cl)c(/C=N/NC(=O)COc3ccccc3OC)cc2C(C)CC1(C)C. The molecule has 0 bridgehead atoms. The van der Waals surface area contributed by atoms with E-state index in [1.54, 1.807) is 25.5 Å². The highest BCUT2D eigenvalue weighted by Crippen LogP contribution is 2.45. The number of hydrogen-bond donors (Lipinski definition) is 1. The largest absolute Gasteiger partial charge is 0.493 e. The van der Waals surface area contributed by atoms with Crippen LogP contribution in [0.5, 0.6) is 11.5 Å². The molecule has 2 aromatic carbocycles. The van der Waals surface area contributed by atoms with E-state index in [9.17, 15) is 4.79 Å². The van der Waals surface area contributed by atoms with Crippen molar-refractivity contribution in [2.45, 2.75) is 52.0 Å². The predicted octanol–water partition coefficient (Wildman–Crippen LogP) is 5.38. The van der Waals surface area contributed by atoms with E-state index in [1.807, 2.05) is 18.2 Å². The van der Waals surface area contributed by atoms with E-state index in [0.717, 1.165) is 24.9 Å². The van der Waals surface area contributed by atoms with E-state index in [2.05, 4.69) is 49.2 Å². The van der Waals surface area contributed by atoms with Gasteiger partial charge < -0.3 is 14.4 Å². The van der Waals surface area contributed by atoms with Gasteiger partial charge in [0.05, 0.1) is 18.3 Å². The third-order valence-electron chi connectivity index (χ3n) is 5.77. The molecule has 0 aromatic heterocycles. The third kappa shape index (κ3) is 5.36. The first kappa shape index (κ1) is 23.9. The average Bonchev–Trinajstić information content (AvgIpc) is 2.75. The van der Waals surface area contributed by atoms with Crippen LogP contribution in [0.2, 0.25) is 5.02 Å². The Bertz CT molecular complexity index is 990. The number of fused-ring (bicyclic) bond motifs is 1. The minimum absolute atomic E-state index is 0.0801. The van der Waals surface area contributed by atoms with Crippen molar-refractivity contribution in [3.05, 3.63) is 52.5 Å². The van der Waals surface area contributed by atoms with Crippen molar-refractivity contribution in [1.82, 2.24) is 5.43 Å². The number of benzene rings is 2. The monoisotopic (exact) mass is 457 g/mol. The number of hydrazone groups is 1. The van der Waals surface area contributed by atoms with Crippen molar-refractivity contribution < 1.29 is 14.3 Å². The number of anilines is 1. The fourth-order valence-corrected chi connectivity index (χ4v) is 4.56. The van der Waals surface area contributed by atoms with Crippen molar-refractivity contribution in [3.63, 3.8) is 0 Å². The Labute approximate surface area is 195 Å². The quantitative estimate of drug-likeness (QED) is 0.427. The van der Waals surface area contributed by atoms with Gasteiger partial charge in [0.1, 0.15) is 0 Å². The lowest BCUT2D eigenvalue weighted by atomic mass is 9.79. The van der Waals surface area contributed by atoms with Crippen LogP contribution in [-0.4, -0.2) is 37.9 Å². The zero-order valence-electron chi connectivity index (χ0n) is 19.4. The highest BCUT2D eigenvalue weighted by molar-refractivity contribution is 6.33. The maximum Gasteiger partial charge on any atom is 0.277 e. The van der Waals surface area contributed by atoms with Gasteiger partial charge in [-0.05, 0) is 62.4 Å². The van der Waals surface area contributed by atoms with Gasteiger partial charge >= 0.3 is 0 Å². The summed E-state index contributed by atoms with van der Waals surface area (Å²) in [5.74, 6) is 1.10. The molecule has 3 rings (SSSR count). The summed E-state index contributed by atoms with van der Waals surface area (Å²) in [7, 11) is 1.55. The van der Waals surface area contributed by atoms with E-state index < -0.39 is 0 Å². The minimum atomic E-state index is -0.370. The molecule has 0 aliphatic carbocycles. The third-order valence-corrected chi connectivity index (χ3v) is 6.10. The summed E-state index contributed by atoms with van der Waals surface area (Å²) >= 11 is 6.59. The summed E-state index contributed by atoms with van der Waals surface area (Å²) in [6.07, 6.45) is 3.72. The zero-order chi connectivity index (χ0) is 23.3. The summed E-state index contributed by atoms with van der Waals surface area (Å²) in [4.78, 5) is 14.6. The minimum Gasteiger partial charge on any atom is -0.493 e. The van der Waals surface area contributed by atoms with Crippen molar-refractivity contribution in [2.24, 2.45) is 5.10 Å². The molecular formula is C25H32ClN3O3. The molecule has 1 unspecified atom stereocenters. The Morgan fingerprint density at radius 2 is 2.03 bits per heavy atom. The fraction of sp³-hybridized carbons (Fsp3) is 0.440. The number of carbonyl (C=O) groups excluding carboxylic acids is 1. The number of nitrogens with one attached hydrogen (secondary N) is 1. The lowest BCUT2D eigenvalue weighted by Gasteiger charge is -2.47. The van der Waals surface area contributed by atoms with E-state index in [4.69, 9.17) is 21.1 Å². The molecule has 0 fully saturated rings. The number of ether oxygens (including phenoxy) is 2. The Kier molecular flexibility index (Phi) is 7.67. The molecular weight excluding hydrogens is 426 g/mol. The predicted molar refractivity (Wildman–Crippen MR) is 130 cm³/mol. The molecule has 0 saturated heterocycles. The highest BCUT2D eigenvalue weighted by Gasteiger charge is 2.36. The Morgan fingerprint density at radius 1 is 1.31 bits per heavy atom. The zero-order valence-corrected chi connectivity index (χ0v) is 20.2. The highest BCUT2D eigenvalue weighted by atomic mass is 35.5. The number of nitrogens with zero attached hydrogens (tertiary/aromatic N) is 2. The average molecular weight is 458 g/mol. The van der Waals surface area contributed by atoms with Crippen LogP contribution in [0.25, 0.3) is 0 Å². The number of rotatable bonds is 8. The van der Waals surface area contributed by atoms with Gasteiger partial charge in [0.25, 0.3) is 5.91 Å². The molecule has 1 N–H and O–H groups in total. The van der Waals surface area contributed by atoms with Crippen molar-refractivity contribution in [1.29, 1.82) is 0 Å². The van der Waals surface area contributed by atoms with Gasteiger partial charge in [0.2, 0.25) is 0 Å². The Balaban J connectivity index is 1.69. The molecule has 0 spiro atoms. The second-order valence-electron chi connectivity index (χ2n) is 8.73. The number of methoxy groups -OCH3 is 1. The van der Waals surface area contributed by atoms with E-state index in [1.165, 1.54) is 11.3 Å². The summed E-state index contributed by atoms with van der Waals surface area (Å²) in [5, 5.41) is 4.69. The van der Waals surface area contributed by atoms with Crippen LogP contribution < -0.4 is 19.8 Å². The van der Waals surface area contributed by atoms with Crippen LogP contribution in [0, 0.1) is 0 Å². The normalized spacial score (nSPS) is 17.2. The first-order chi connectivity index (χ1) is 15.3. The van der Waals surface area contributed by atoms with Gasteiger partial charge in [-0.3, -0.25) is 4.79 Å². The van der Waals surface area contributed by atoms with E-state index in [0.29, 0.717) is 22.4 Å². The van der Waals surface area contributed by atoms with Crippen molar-refractivity contribution >= 4 is 29.4 Å². The van der Waals surface area contributed by atoms with Crippen LogP contribution in [0.1, 0.15) is 57.6 Å². The molecule has 172 valence electrons. The molecule has 32 heavy (non-hydrogen) atoms. The number of halogens is 1. The van der Waals surface area contributed by atoms with Gasteiger partial charge in [0.15, 0.2) is 18.1 Å². The maximum atomic E-state index is 12.1. The Morgan fingerprint density at radius 3 is 2.72 bits per heavy atom. The van der Waals surface area contributed by atoms with Crippen LogP contribution in [0.4, 0.5) is 5.69 Å². The van der Waals surface area contributed by atoms with E-state index in [-0.39, 0.29) is 18.1 Å². The number of para-hydroxylation sites is 2. The second kappa shape index (κ2) is 10.3. The van der Waals surface area contributed by atoms with Crippen LogP contribution in [0.3, 0.4) is 0 Å². The van der Waals surface area contributed by atoms with Gasteiger partial charge in [-0.15, -0.1) is 0 Å². The topological polar surface area (TPSA) is 63.2 Å². The summed E-state index contributed by atoms with van der Waals surface area (Å²) in [6.45, 7) is 9.82. The number of hydrogen-bond acceptors (Lipinski definition) is 5. The van der Waals surface area contributed by atoms with Crippen molar-refractivity contribution in [2.75, 3.05) is 25.2 Å².